The van der Waals surface area contributed by atoms with E-state index in [0.717, 1.165) is 18.2 Å². The normalized spacial score (nSPS) is 10.3. The fourth-order valence-electron chi connectivity index (χ4n) is 1.05. The van der Waals surface area contributed by atoms with E-state index in [1.807, 2.05) is 13.0 Å². The molecule has 0 radical (unpaired) electrons. The first kappa shape index (κ1) is 11.9. The number of methoxy groups -OCH3 is 1. The Labute approximate surface area is 89.8 Å². The first-order chi connectivity index (χ1) is 7.33. The summed E-state index contributed by atoms with van der Waals surface area (Å²) in [5, 5.41) is 3.15. The SMILES string of the molecule is COCCOCCNc1ccnc(C)n1. The zero-order valence-electron chi connectivity index (χ0n) is 9.19. The third-order valence-electron chi connectivity index (χ3n) is 1.76. The molecule has 0 fully saturated rings. The molecule has 5 nitrogen and oxygen atoms in total. The van der Waals surface area contributed by atoms with Gasteiger partial charge in [-0.3, -0.25) is 0 Å². The van der Waals surface area contributed by atoms with E-state index in [9.17, 15) is 0 Å². The molecule has 0 aliphatic heterocycles. The quantitative estimate of drug-likeness (QED) is 0.678. The predicted octanol–water partition coefficient (Wildman–Crippen LogP) is 0.860. The van der Waals surface area contributed by atoms with Crippen LogP contribution in [0.25, 0.3) is 0 Å². The molecule has 0 atom stereocenters. The van der Waals surface area contributed by atoms with E-state index in [-0.39, 0.29) is 0 Å². The summed E-state index contributed by atoms with van der Waals surface area (Å²) in [6.45, 7) is 4.50. The molecule has 15 heavy (non-hydrogen) atoms. The molecule has 0 aliphatic rings. The van der Waals surface area contributed by atoms with Gasteiger partial charge in [0.2, 0.25) is 0 Å². The number of aryl methyl sites for hydroxylation is 1. The molecule has 1 aromatic heterocycles. The highest BCUT2D eigenvalue weighted by atomic mass is 16.5. The van der Waals surface area contributed by atoms with Gasteiger partial charge >= 0.3 is 0 Å². The van der Waals surface area contributed by atoms with Gasteiger partial charge in [0, 0.05) is 19.9 Å². The molecule has 1 N–H and O–H groups in total. The van der Waals surface area contributed by atoms with E-state index in [0.29, 0.717) is 19.8 Å². The number of ether oxygens (including phenoxy) is 2. The van der Waals surface area contributed by atoms with Gasteiger partial charge in [-0.05, 0) is 13.0 Å². The van der Waals surface area contributed by atoms with E-state index in [4.69, 9.17) is 9.47 Å². The average molecular weight is 211 g/mol. The number of anilines is 1. The van der Waals surface area contributed by atoms with Gasteiger partial charge in [-0.1, -0.05) is 0 Å². The second-order valence-electron chi connectivity index (χ2n) is 3.02. The van der Waals surface area contributed by atoms with Gasteiger partial charge in [-0.15, -0.1) is 0 Å². The third kappa shape index (κ3) is 5.29. The Balaban J connectivity index is 2.10. The molecule has 84 valence electrons. The molecular weight excluding hydrogens is 194 g/mol. The van der Waals surface area contributed by atoms with Gasteiger partial charge < -0.3 is 14.8 Å². The minimum Gasteiger partial charge on any atom is -0.382 e. The Hall–Kier alpha value is -1.20. The van der Waals surface area contributed by atoms with Gasteiger partial charge in [-0.2, -0.15) is 0 Å². The van der Waals surface area contributed by atoms with Crippen LogP contribution in [0.2, 0.25) is 0 Å². The summed E-state index contributed by atoms with van der Waals surface area (Å²) in [5.41, 5.74) is 0. The largest absolute Gasteiger partial charge is 0.382 e. The van der Waals surface area contributed by atoms with Crippen molar-refractivity contribution in [2.75, 3.05) is 38.8 Å². The lowest BCUT2D eigenvalue weighted by molar-refractivity contribution is 0.0759. The van der Waals surface area contributed by atoms with Gasteiger partial charge in [0.15, 0.2) is 0 Å². The van der Waals surface area contributed by atoms with Crippen LogP contribution in [-0.4, -0.2) is 43.4 Å². The Morgan fingerprint density at radius 2 is 2.20 bits per heavy atom. The molecule has 0 spiro atoms. The Bertz CT molecular complexity index is 281. The smallest absolute Gasteiger partial charge is 0.129 e. The third-order valence-corrected chi connectivity index (χ3v) is 1.76. The lowest BCUT2D eigenvalue weighted by Crippen LogP contribution is -2.12. The van der Waals surface area contributed by atoms with Crippen molar-refractivity contribution in [2.24, 2.45) is 0 Å². The van der Waals surface area contributed by atoms with E-state index in [1.54, 1.807) is 13.3 Å². The first-order valence-electron chi connectivity index (χ1n) is 4.93. The number of hydrogen-bond acceptors (Lipinski definition) is 5. The minimum atomic E-state index is 0.626. The highest BCUT2D eigenvalue weighted by molar-refractivity contribution is 5.32. The van der Waals surface area contributed by atoms with Gasteiger partial charge in [-0.25, -0.2) is 9.97 Å². The number of nitrogens with zero attached hydrogens (tertiary/aromatic N) is 2. The topological polar surface area (TPSA) is 56.3 Å². The zero-order valence-corrected chi connectivity index (χ0v) is 9.19. The van der Waals surface area contributed by atoms with Crippen molar-refractivity contribution in [3.63, 3.8) is 0 Å². The number of aromatic nitrogens is 2. The lowest BCUT2D eigenvalue weighted by atomic mass is 10.5. The van der Waals surface area contributed by atoms with Crippen LogP contribution in [0, 0.1) is 6.92 Å². The molecule has 0 aliphatic carbocycles. The van der Waals surface area contributed by atoms with Gasteiger partial charge in [0.1, 0.15) is 11.6 Å². The maximum atomic E-state index is 5.30. The predicted molar refractivity (Wildman–Crippen MR) is 58.0 cm³/mol. The second-order valence-corrected chi connectivity index (χ2v) is 3.02. The van der Waals surface area contributed by atoms with Crippen LogP contribution in [0.4, 0.5) is 5.82 Å². The molecule has 0 saturated heterocycles. The van der Waals surface area contributed by atoms with Crippen LogP contribution in [0.5, 0.6) is 0 Å². The van der Waals surface area contributed by atoms with Crippen molar-refractivity contribution in [1.82, 2.24) is 9.97 Å². The van der Waals surface area contributed by atoms with Crippen molar-refractivity contribution in [3.8, 4) is 0 Å². The van der Waals surface area contributed by atoms with Crippen LogP contribution in [0.1, 0.15) is 5.82 Å². The summed E-state index contributed by atoms with van der Waals surface area (Å²) in [4.78, 5) is 8.21. The highest BCUT2D eigenvalue weighted by Crippen LogP contribution is 1.99. The molecule has 1 heterocycles. The molecule has 0 bridgehead atoms. The van der Waals surface area contributed by atoms with Crippen molar-refractivity contribution in [1.29, 1.82) is 0 Å². The standard InChI is InChI=1S/C10H17N3O2/c1-9-11-4-3-10(13-9)12-5-6-15-8-7-14-2/h3-4H,5-8H2,1-2H3,(H,11,12,13). The fourth-order valence-corrected chi connectivity index (χ4v) is 1.05. The molecular formula is C10H17N3O2. The van der Waals surface area contributed by atoms with Crippen LogP contribution in [-0.2, 0) is 9.47 Å². The molecule has 1 aromatic rings. The Morgan fingerprint density at radius 3 is 2.93 bits per heavy atom. The number of nitrogens with one attached hydrogen (secondary N) is 1. The molecule has 0 amide bonds. The maximum Gasteiger partial charge on any atom is 0.129 e. The average Bonchev–Trinajstić information content (AvgIpc) is 2.23. The van der Waals surface area contributed by atoms with Crippen LogP contribution in [0.15, 0.2) is 12.3 Å². The summed E-state index contributed by atoms with van der Waals surface area (Å²) in [5.74, 6) is 1.60. The van der Waals surface area contributed by atoms with Gasteiger partial charge in [0.05, 0.1) is 19.8 Å². The molecule has 0 unspecified atom stereocenters. The number of rotatable bonds is 7. The van der Waals surface area contributed by atoms with E-state index < -0.39 is 0 Å². The maximum absolute atomic E-state index is 5.30. The summed E-state index contributed by atoms with van der Waals surface area (Å²) in [7, 11) is 1.66. The Morgan fingerprint density at radius 1 is 1.33 bits per heavy atom. The van der Waals surface area contributed by atoms with Gasteiger partial charge in [0.25, 0.3) is 0 Å². The van der Waals surface area contributed by atoms with Crippen molar-refractivity contribution >= 4 is 5.82 Å². The van der Waals surface area contributed by atoms with E-state index in [1.165, 1.54) is 0 Å². The first-order valence-corrected chi connectivity index (χ1v) is 4.93. The lowest BCUT2D eigenvalue weighted by Gasteiger charge is -2.06. The fraction of sp³-hybridized carbons (Fsp3) is 0.600. The summed E-state index contributed by atoms with van der Waals surface area (Å²) >= 11 is 0. The molecule has 0 saturated carbocycles. The van der Waals surface area contributed by atoms with Crippen molar-refractivity contribution < 1.29 is 9.47 Å². The van der Waals surface area contributed by atoms with E-state index >= 15 is 0 Å². The van der Waals surface area contributed by atoms with Crippen LogP contribution in [0.3, 0.4) is 0 Å². The highest BCUT2D eigenvalue weighted by Gasteiger charge is 1.93. The molecule has 0 aromatic carbocycles. The van der Waals surface area contributed by atoms with E-state index in [2.05, 4.69) is 15.3 Å². The summed E-state index contributed by atoms with van der Waals surface area (Å²) in [6.07, 6.45) is 1.73. The Kier molecular flexibility index (Phi) is 5.65. The van der Waals surface area contributed by atoms with Crippen molar-refractivity contribution in [3.05, 3.63) is 18.1 Å². The van der Waals surface area contributed by atoms with Crippen molar-refractivity contribution in [2.45, 2.75) is 6.92 Å². The van der Waals surface area contributed by atoms with Crippen LogP contribution < -0.4 is 5.32 Å². The summed E-state index contributed by atoms with van der Waals surface area (Å²) < 4.78 is 10.2. The second kappa shape index (κ2) is 7.14. The molecule has 5 heteroatoms. The minimum absolute atomic E-state index is 0.626. The van der Waals surface area contributed by atoms with Crippen LogP contribution >= 0.6 is 0 Å². The summed E-state index contributed by atoms with van der Waals surface area (Å²) in [6, 6.07) is 1.84. The number of hydrogen-bond donors (Lipinski definition) is 1. The monoisotopic (exact) mass is 211 g/mol. The molecule has 1 rings (SSSR count). The zero-order chi connectivity index (χ0) is 10.9.